The molecule has 4 aromatic rings. The van der Waals surface area contributed by atoms with Gasteiger partial charge in [-0.1, -0.05) is 0 Å². The number of halogens is 1. The summed E-state index contributed by atoms with van der Waals surface area (Å²) in [7, 11) is 0. The standard InChI is InChI=1S/C27H30FN9O2S/c1-17-13-22(34-33-17)30-26-32-27(31-23-5-4-11-37(23)26)40-21-7-6-19(14-20(21)28)29-24(38)16-35-12-8-18(15-35)25(39)36-9-2-3-10-36/h4-7,11,13-14,18H,2-3,8-10,12,15-16H2,1H3,(H,29,38)(H2,30,31,32,33,34). The van der Waals surface area contributed by atoms with Crippen LogP contribution in [0.4, 0.5) is 21.8 Å². The largest absolute Gasteiger partial charge is 0.342 e. The number of aromatic nitrogens is 5. The number of carbonyl (C=O) groups excluding carboxylic acids is 2. The van der Waals surface area contributed by atoms with Gasteiger partial charge in [-0.25, -0.2) is 9.37 Å². The second-order valence-electron chi connectivity index (χ2n) is 10.2. The van der Waals surface area contributed by atoms with Crippen molar-refractivity contribution in [1.82, 2.24) is 34.4 Å². The molecule has 40 heavy (non-hydrogen) atoms. The highest BCUT2D eigenvalue weighted by atomic mass is 32.2. The molecule has 0 aliphatic carbocycles. The molecule has 2 aliphatic heterocycles. The predicted molar refractivity (Wildman–Crippen MR) is 149 cm³/mol. The van der Waals surface area contributed by atoms with Gasteiger partial charge in [0.25, 0.3) is 0 Å². The maximum absolute atomic E-state index is 15.1. The van der Waals surface area contributed by atoms with Gasteiger partial charge in [0.2, 0.25) is 17.8 Å². The number of aromatic amines is 1. The van der Waals surface area contributed by atoms with Crippen molar-refractivity contribution in [3.05, 3.63) is 54.1 Å². The van der Waals surface area contributed by atoms with Crippen molar-refractivity contribution < 1.29 is 14.0 Å². The Morgan fingerprint density at radius 2 is 2.00 bits per heavy atom. The van der Waals surface area contributed by atoms with E-state index in [1.54, 1.807) is 16.5 Å². The van der Waals surface area contributed by atoms with E-state index >= 15 is 4.39 Å². The third-order valence-corrected chi connectivity index (χ3v) is 8.05. The SMILES string of the molecule is Cc1cc(Nc2nc(Sc3ccc(NC(=O)CN4CCC(C(=O)N5CCCC5)C4)cc3F)nc3cccn23)n[nH]1. The number of nitrogens with zero attached hydrogens (tertiary/aromatic N) is 6. The van der Waals surface area contributed by atoms with E-state index in [-0.39, 0.29) is 24.3 Å². The molecule has 2 aliphatic rings. The Bertz CT molecular complexity index is 1550. The van der Waals surface area contributed by atoms with E-state index in [0.29, 0.717) is 46.2 Å². The van der Waals surface area contributed by atoms with Crippen molar-refractivity contribution in [2.45, 2.75) is 36.2 Å². The van der Waals surface area contributed by atoms with Crippen LogP contribution >= 0.6 is 11.8 Å². The number of benzene rings is 1. The van der Waals surface area contributed by atoms with Crippen LogP contribution in [0.2, 0.25) is 0 Å². The van der Waals surface area contributed by atoms with Crippen molar-refractivity contribution in [2.75, 3.05) is 43.4 Å². The van der Waals surface area contributed by atoms with Gasteiger partial charge in [0.05, 0.1) is 17.4 Å². The molecule has 3 N–H and O–H groups in total. The third-order valence-electron chi connectivity index (χ3n) is 7.14. The lowest BCUT2D eigenvalue weighted by molar-refractivity contribution is -0.134. The minimum Gasteiger partial charge on any atom is -0.342 e. The maximum Gasteiger partial charge on any atom is 0.238 e. The van der Waals surface area contributed by atoms with Gasteiger partial charge in [-0.05, 0) is 74.8 Å². The summed E-state index contributed by atoms with van der Waals surface area (Å²) in [5.41, 5.74) is 1.93. The van der Waals surface area contributed by atoms with Crippen LogP contribution in [0.15, 0.2) is 52.6 Å². The molecule has 1 unspecified atom stereocenters. The summed E-state index contributed by atoms with van der Waals surface area (Å²) in [5.74, 6) is 0.536. The van der Waals surface area contributed by atoms with E-state index in [2.05, 4.69) is 30.8 Å². The Balaban J connectivity index is 1.07. The van der Waals surface area contributed by atoms with Crippen LogP contribution in [-0.2, 0) is 9.59 Å². The number of amides is 2. The Morgan fingerprint density at radius 3 is 2.77 bits per heavy atom. The fourth-order valence-electron chi connectivity index (χ4n) is 5.18. The van der Waals surface area contributed by atoms with Crippen LogP contribution in [0.3, 0.4) is 0 Å². The van der Waals surface area contributed by atoms with Crippen LogP contribution in [0.25, 0.3) is 5.65 Å². The Morgan fingerprint density at radius 1 is 1.15 bits per heavy atom. The number of anilines is 3. The lowest BCUT2D eigenvalue weighted by Crippen LogP contribution is -2.36. The maximum atomic E-state index is 15.1. The third kappa shape index (κ3) is 5.80. The Hall–Kier alpha value is -3.97. The van der Waals surface area contributed by atoms with E-state index in [1.165, 1.54) is 6.07 Å². The van der Waals surface area contributed by atoms with Gasteiger partial charge >= 0.3 is 0 Å². The summed E-state index contributed by atoms with van der Waals surface area (Å²) in [6, 6.07) is 10.1. The van der Waals surface area contributed by atoms with Crippen molar-refractivity contribution in [2.24, 2.45) is 5.92 Å². The Kier molecular flexibility index (Phi) is 7.39. The number of hydrogen-bond acceptors (Lipinski definition) is 8. The van der Waals surface area contributed by atoms with Gasteiger partial charge in [-0.2, -0.15) is 10.1 Å². The molecule has 11 nitrogen and oxygen atoms in total. The first-order valence-electron chi connectivity index (χ1n) is 13.3. The van der Waals surface area contributed by atoms with Crippen LogP contribution in [0.1, 0.15) is 25.0 Å². The van der Waals surface area contributed by atoms with Crippen LogP contribution in [-0.4, -0.2) is 78.9 Å². The summed E-state index contributed by atoms with van der Waals surface area (Å²) < 4.78 is 16.9. The Labute approximate surface area is 234 Å². The molecule has 0 saturated carbocycles. The first-order valence-corrected chi connectivity index (χ1v) is 14.2. The van der Waals surface area contributed by atoms with Gasteiger partial charge in [0.15, 0.2) is 11.0 Å². The lowest BCUT2D eigenvalue weighted by Gasteiger charge is -2.20. The predicted octanol–water partition coefficient (Wildman–Crippen LogP) is 3.68. The molecule has 3 aromatic heterocycles. The quantitative estimate of drug-likeness (QED) is 0.297. The summed E-state index contributed by atoms with van der Waals surface area (Å²) in [6.45, 7) is 5.02. The van der Waals surface area contributed by atoms with Crippen molar-refractivity contribution in [3.63, 3.8) is 0 Å². The number of fused-ring (bicyclic) bond motifs is 1. The summed E-state index contributed by atoms with van der Waals surface area (Å²) in [5, 5.41) is 13.4. The zero-order chi connectivity index (χ0) is 27.6. The zero-order valence-electron chi connectivity index (χ0n) is 22.1. The molecular weight excluding hydrogens is 533 g/mol. The highest BCUT2D eigenvalue weighted by Crippen LogP contribution is 2.31. The van der Waals surface area contributed by atoms with Gasteiger partial charge in [0, 0.05) is 43.3 Å². The van der Waals surface area contributed by atoms with Gasteiger partial charge in [-0.15, -0.1) is 0 Å². The van der Waals surface area contributed by atoms with Crippen LogP contribution in [0, 0.1) is 18.7 Å². The smallest absolute Gasteiger partial charge is 0.238 e. The number of hydrogen-bond donors (Lipinski definition) is 3. The molecule has 13 heteroatoms. The van der Waals surface area contributed by atoms with E-state index in [4.69, 9.17) is 0 Å². The molecule has 1 aromatic carbocycles. The second-order valence-corrected chi connectivity index (χ2v) is 11.2. The molecule has 2 saturated heterocycles. The molecule has 6 rings (SSSR count). The van der Waals surface area contributed by atoms with Crippen LogP contribution < -0.4 is 10.6 Å². The molecule has 2 fully saturated rings. The highest BCUT2D eigenvalue weighted by Gasteiger charge is 2.33. The first-order chi connectivity index (χ1) is 19.4. The number of aryl methyl sites for hydroxylation is 1. The number of carbonyl (C=O) groups is 2. The van der Waals surface area contributed by atoms with Gasteiger partial charge < -0.3 is 15.5 Å². The average Bonchev–Trinajstić information content (AvgIpc) is 3.74. The molecule has 2 amide bonds. The van der Waals surface area contributed by atoms with Crippen molar-refractivity contribution in [1.29, 1.82) is 0 Å². The molecule has 0 radical (unpaired) electrons. The second kappa shape index (κ2) is 11.3. The summed E-state index contributed by atoms with van der Waals surface area (Å²) >= 11 is 1.09. The van der Waals surface area contributed by atoms with E-state index in [0.717, 1.165) is 49.8 Å². The van der Waals surface area contributed by atoms with E-state index < -0.39 is 5.82 Å². The lowest BCUT2D eigenvalue weighted by atomic mass is 10.1. The highest BCUT2D eigenvalue weighted by molar-refractivity contribution is 7.99. The average molecular weight is 564 g/mol. The molecule has 0 bridgehead atoms. The number of nitrogens with one attached hydrogen (secondary N) is 3. The summed E-state index contributed by atoms with van der Waals surface area (Å²) in [6.07, 6.45) is 4.73. The van der Waals surface area contributed by atoms with Gasteiger partial charge in [-0.3, -0.25) is 24.0 Å². The number of H-pyrrole nitrogens is 1. The van der Waals surface area contributed by atoms with E-state index in [9.17, 15) is 9.59 Å². The minimum atomic E-state index is -0.489. The normalized spacial score (nSPS) is 17.6. The summed E-state index contributed by atoms with van der Waals surface area (Å²) in [4.78, 5) is 38.7. The fourth-order valence-corrected chi connectivity index (χ4v) is 5.94. The minimum absolute atomic E-state index is 0.0491. The number of likely N-dealkylation sites (tertiary alicyclic amines) is 2. The van der Waals surface area contributed by atoms with Gasteiger partial charge in [0.1, 0.15) is 11.5 Å². The topological polar surface area (TPSA) is 124 Å². The fraction of sp³-hybridized carbons (Fsp3) is 0.370. The van der Waals surface area contributed by atoms with Crippen LogP contribution in [0.5, 0.6) is 0 Å². The number of rotatable bonds is 8. The first kappa shape index (κ1) is 26.3. The molecule has 0 spiro atoms. The van der Waals surface area contributed by atoms with Crippen molar-refractivity contribution in [3.8, 4) is 0 Å². The molecule has 5 heterocycles. The molecule has 1 atom stereocenters. The monoisotopic (exact) mass is 563 g/mol. The van der Waals surface area contributed by atoms with E-state index in [1.807, 2.05) is 41.1 Å². The van der Waals surface area contributed by atoms with Crippen molar-refractivity contribution >= 4 is 46.7 Å². The molecular formula is C27H30FN9O2S. The zero-order valence-corrected chi connectivity index (χ0v) is 22.9. The molecule has 208 valence electrons.